The third-order valence-electron chi connectivity index (χ3n) is 2.48. The van der Waals surface area contributed by atoms with Gasteiger partial charge >= 0.3 is 0 Å². The van der Waals surface area contributed by atoms with Gasteiger partial charge in [-0.25, -0.2) is 0 Å². The lowest BCUT2D eigenvalue weighted by Crippen LogP contribution is -2.56. The standard InChI is InChI=1S/C10H8N2O4S2/c13-5-1-2-6(14)11(5)9(10(17)18)12-7(15)3-4-8(12)16/h1-4,9-10,17-18H. The van der Waals surface area contributed by atoms with Crippen LogP contribution >= 0.6 is 25.3 Å². The van der Waals surface area contributed by atoms with Crippen molar-refractivity contribution in [2.45, 2.75) is 10.7 Å². The Bertz CT molecular complexity index is 434. The molecule has 0 aromatic carbocycles. The second-order valence-corrected chi connectivity index (χ2v) is 5.11. The molecule has 8 heteroatoms. The van der Waals surface area contributed by atoms with Crippen LogP contribution in [0, 0.1) is 0 Å². The summed E-state index contributed by atoms with van der Waals surface area (Å²) in [5.74, 6) is -2.42. The molecule has 0 bridgehead atoms. The van der Waals surface area contributed by atoms with Crippen LogP contribution in [0.25, 0.3) is 0 Å². The number of hydrogen-bond acceptors (Lipinski definition) is 6. The van der Waals surface area contributed by atoms with Crippen LogP contribution < -0.4 is 0 Å². The fraction of sp³-hybridized carbons (Fsp3) is 0.200. The molecule has 0 aliphatic carbocycles. The van der Waals surface area contributed by atoms with Gasteiger partial charge in [-0.3, -0.25) is 29.0 Å². The van der Waals surface area contributed by atoms with Crippen molar-refractivity contribution in [3.8, 4) is 0 Å². The van der Waals surface area contributed by atoms with Crippen molar-refractivity contribution in [3.63, 3.8) is 0 Å². The number of rotatable bonds is 3. The van der Waals surface area contributed by atoms with Crippen molar-refractivity contribution >= 4 is 48.9 Å². The van der Waals surface area contributed by atoms with Crippen molar-refractivity contribution in [3.05, 3.63) is 24.3 Å². The van der Waals surface area contributed by atoms with E-state index in [0.29, 0.717) is 0 Å². The third-order valence-corrected chi connectivity index (χ3v) is 3.02. The Morgan fingerprint density at radius 2 is 1.00 bits per heavy atom. The summed E-state index contributed by atoms with van der Waals surface area (Å²) in [4.78, 5) is 47.9. The molecule has 0 radical (unpaired) electrons. The number of hydrogen-bond donors (Lipinski definition) is 2. The van der Waals surface area contributed by atoms with Gasteiger partial charge in [0.1, 0.15) is 6.17 Å². The molecule has 0 spiro atoms. The zero-order valence-corrected chi connectivity index (χ0v) is 10.7. The number of carbonyl (C=O) groups excluding carboxylic acids is 4. The van der Waals surface area contributed by atoms with E-state index in [-0.39, 0.29) is 0 Å². The number of amides is 4. The molecule has 0 aromatic heterocycles. The van der Waals surface area contributed by atoms with E-state index in [4.69, 9.17) is 0 Å². The molecule has 0 fully saturated rings. The summed E-state index contributed by atoms with van der Waals surface area (Å²) in [6.07, 6.45) is 3.12. The Morgan fingerprint density at radius 1 is 0.722 bits per heavy atom. The molecule has 0 N–H and O–H groups in total. The lowest BCUT2D eigenvalue weighted by atomic mass is 10.3. The van der Waals surface area contributed by atoms with Crippen LogP contribution in [-0.2, 0) is 19.2 Å². The van der Waals surface area contributed by atoms with Crippen LogP contribution in [0.1, 0.15) is 0 Å². The van der Waals surface area contributed by atoms with Crippen LogP contribution in [-0.4, -0.2) is 44.2 Å². The van der Waals surface area contributed by atoms with E-state index in [0.717, 1.165) is 34.1 Å². The minimum atomic E-state index is -1.15. The van der Waals surface area contributed by atoms with Crippen LogP contribution in [0.3, 0.4) is 0 Å². The molecule has 0 saturated carbocycles. The Kier molecular flexibility index (Phi) is 3.31. The zero-order valence-electron chi connectivity index (χ0n) is 8.89. The highest BCUT2D eigenvalue weighted by atomic mass is 32.2. The Hall–Kier alpha value is -1.54. The summed E-state index contributed by atoms with van der Waals surface area (Å²) in [6, 6.07) is 0. The second kappa shape index (κ2) is 4.62. The van der Waals surface area contributed by atoms with E-state index >= 15 is 0 Å². The van der Waals surface area contributed by atoms with Crippen molar-refractivity contribution in [1.82, 2.24) is 9.80 Å². The van der Waals surface area contributed by atoms with Gasteiger partial charge in [0.05, 0.1) is 4.58 Å². The van der Waals surface area contributed by atoms with Crippen molar-refractivity contribution < 1.29 is 19.2 Å². The number of carbonyl (C=O) groups is 4. The number of imide groups is 2. The number of nitrogens with zero attached hydrogens (tertiary/aromatic N) is 2. The first-order chi connectivity index (χ1) is 8.43. The molecule has 0 aromatic rings. The predicted molar refractivity (Wildman–Crippen MR) is 67.5 cm³/mol. The average molecular weight is 284 g/mol. The number of thiol groups is 2. The average Bonchev–Trinajstić information content (AvgIpc) is 2.78. The van der Waals surface area contributed by atoms with E-state index in [1.165, 1.54) is 0 Å². The molecule has 0 saturated heterocycles. The van der Waals surface area contributed by atoms with E-state index in [9.17, 15) is 19.2 Å². The van der Waals surface area contributed by atoms with Crippen LogP contribution in [0.5, 0.6) is 0 Å². The van der Waals surface area contributed by atoms with Gasteiger partial charge in [0.15, 0.2) is 0 Å². The van der Waals surface area contributed by atoms with E-state index in [1.54, 1.807) is 0 Å². The minimum absolute atomic E-state index is 0.606. The molecule has 0 atom stereocenters. The molecule has 2 aliphatic heterocycles. The molecule has 2 rings (SSSR count). The molecule has 94 valence electrons. The zero-order chi connectivity index (χ0) is 13.4. The summed E-state index contributed by atoms with van der Waals surface area (Å²) >= 11 is 8.04. The van der Waals surface area contributed by atoms with Crippen LogP contribution in [0.15, 0.2) is 24.3 Å². The smallest absolute Gasteiger partial charge is 0.255 e. The SMILES string of the molecule is O=C1C=CC(=O)N1C(C(S)S)N1C(=O)C=CC1=O. The Labute approximate surface area is 113 Å². The molecule has 18 heavy (non-hydrogen) atoms. The lowest BCUT2D eigenvalue weighted by molar-refractivity contribution is -0.151. The lowest BCUT2D eigenvalue weighted by Gasteiger charge is -2.34. The molecule has 2 aliphatic rings. The van der Waals surface area contributed by atoms with Gasteiger partial charge in [-0.2, -0.15) is 25.3 Å². The van der Waals surface area contributed by atoms with Crippen LogP contribution in [0.4, 0.5) is 0 Å². The van der Waals surface area contributed by atoms with E-state index < -0.39 is 34.4 Å². The minimum Gasteiger partial charge on any atom is -0.269 e. The Balaban J connectivity index is 2.36. The van der Waals surface area contributed by atoms with Crippen molar-refractivity contribution in [1.29, 1.82) is 0 Å². The Morgan fingerprint density at radius 3 is 1.22 bits per heavy atom. The summed E-state index contributed by atoms with van der Waals surface area (Å²) in [7, 11) is 0. The molecule has 4 amide bonds. The fourth-order valence-corrected chi connectivity index (χ4v) is 2.26. The van der Waals surface area contributed by atoms with E-state index in [2.05, 4.69) is 25.3 Å². The maximum absolute atomic E-state index is 11.6. The second-order valence-electron chi connectivity index (χ2n) is 3.59. The van der Waals surface area contributed by atoms with Gasteiger partial charge < -0.3 is 0 Å². The fourth-order valence-electron chi connectivity index (χ4n) is 1.73. The maximum atomic E-state index is 11.6. The largest absolute Gasteiger partial charge is 0.269 e. The van der Waals surface area contributed by atoms with Gasteiger partial charge in [-0.15, -0.1) is 0 Å². The van der Waals surface area contributed by atoms with Gasteiger partial charge in [-0.05, 0) is 0 Å². The highest BCUT2D eigenvalue weighted by Crippen LogP contribution is 2.24. The van der Waals surface area contributed by atoms with Gasteiger partial charge in [0.25, 0.3) is 23.6 Å². The van der Waals surface area contributed by atoms with Crippen molar-refractivity contribution in [2.24, 2.45) is 0 Å². The molecule has 6 nitrogen and oxygen atoms in total. The maximum Gasteiger partial charge on any atom is 0.255 e. The third kappa shape index (κ3) is 1.97. The first kappa shape index (κ1) is 12.9. The monoisotopic (exact) mass is 284 g/mol. The molecular weight excluding hydrogens is 276 g/mol. The normalized spacial score (nSPS) is 19.3. The highest BCUT2D eigenvalue weighted by molar-refractivity contribution is 7.99. The summed E-state index contributed by atoms with van der Waals surface area (Å²) < 4.78 is -0.856. The van der Waals surface area contributed by atoms with Gasteiger partial charge in [0, 0.05) is 24.3 Å². The molecule has 0 unspecified atom stereocenters. The summed E-state index contributed by atoms with van der Waals surface area (Å²) in [5, 5.41) is 0. The van der Waals surface area contributed by atoms with Gasteiger partial charge in [0.2, 0.25) is 0 Å². The topological polar surface area (TPSA) is 74.8 Å². The highest BCUT2D eigenvalue weighted by Gasteiger charge is 2.43. The van der Waals surface area contributed by atoms with Gasteiger partial charge in [-0.1, -0.05) is 0 Å². The predicted octanol–water partition coefficient (Wildman–Crippen LogP) is -0.652. The first-order valence-corrected chi connectivity index (χ1v) is 5.93. The van der Waals surface area contributed by atoms with E-state index in [1.807, 2.05) is 0 Å². The summed E-state index contributed by atoms with van der Waals surface area (Å²) in [6.45, 7) is 0. The first-order valence-electron chi connectivity index (χ1n) is 4.90. The van der Waals surface area contributed by atoms with Crippen molar-refractivity contribution in [2.75, 3.05) is 0 Å². The molecular formula is C10H8N2O4S2. The molecule has 2 heterocycles. The summed E-state index contributed by atoms with van der Waals surface area (Å²) in [5.41, 5.74) is 0. The van der Waals surface area contributed by atoms with Crippen LogP contribution in [0.2, 0.25) is 0 Å². The quantitative estimate of drug-likeness (QED) is 0.410.